The number of hydrogen-bond donors (Lipinski definition) is 2. The Hall–Kier alpha value is -3.17. The molecule has 0 aliphatic carbocycles. The molecule has 1 atom stereocenters. The summed E-state index contributed by atoms with van der Waals surface area (Å²) < 4.78 is 57.6. The van der Waals surface area contributed by atoms with E-state index in [0.29, 0.717) is 19.2 Å². The van der Waals surface area contributed by atoms with Gasteiger partial charge in [0.25, 0.3) is 11.9 Å². The number of nitrogens with two attached hydrogens (primary N) is 1. The van der Waals surface area contributed by atoms with E-state index in [1.807, 2.05) is 0 Å². The highest BCUT2D eigenvalue weighted by atomic mass is 19.4. The first-order valence-electron chi connectivity index (χ1n) is 8.22. The first-order chi connectivity index (χ1) is 13.1. The lowest BCUT2D eigenvalue weighted by molar-refractivity contribution is -0.137. The number of pyridine rings is 1. The molecule has 1 aromatic heterocycles. The third-order valence-electron chi connectivity index (χ3n) is 4.30. The Balaban J connectivity index is 1.81. The second-order valence-corrected chi connectivity index (χ2v) is 6.38. The number of carbonyl (C=O) groups is 1. The lowest BCUT2D eigenvalue weighted by Gasteiger charge is -2.33. The van der Waals surface area contributed by atoms with Gasteiger partial charge < -0.3 is 15.8 Å². The lowest BCUT2D eigenvalue weighted by Crippen LogP contribution is -2.38. The van der Waals surface area contributed by atoms with E-state index in [4.69, 9.17) is 10.5 Å². The van der Waals surface area contributed by atoms with Crippen molar-refractivity contribution >= 4 is 17.6 Å². The van der Waals surface area contributed by atoms with Crippen LogP contribution in [0.5, 0.6) is 0 Å². The van der Waals surface area contributed by atoms with Gasteiger partial charge in [-0.15, -0.1) is 0 Å². The number of carbonyl (C=O) groups excluding carboxylic acids is 1. The molecule has 0 saturated heterocycles. The zero-order chi connectivity index (χ0) is 20.5. The number of halogens is 4. The number of ether oxygens (including phenoxy) is 1. The molecule has 1 aliphatic heterocycles. The van der Waals surface area contributed by atoms with E-state index < -0.39 is 29.1 Å². The Kier molecular flexibility index (Phi) is 4.97. The van der Waals surface area contributed by atoms with Gasteiger partial charge in [0.1, 0.15) is 17.1 Å². The number of amides is 1. The smallest absolute Gasteiger partial charge is 0.417 e. The van der Waals surface area contributed by atoms with Crippen molar-refractivity contribution in [2.75, 3.05) is 11.9 Å². The number of aliphatic imine (C=N–C) groups is 1. The largest absolute Gasteiger partial charge is 0.454 e. The van der Waals surface area contributed by atoms with Crippen molar-refractivity contribution in [3.05, 3.63) is 59.2 Å². The fourth-order valence-electron chi connectivity index (χ4n) is 2.78. The summed E-state index contributed by atoms with van der Waals surface area (Å²) in [6, 6.07) is 5.53. The molecule has 1 aliphatic rings. The van der Waals surface area contributed by atoms with Gasteiger partial charge in [0.05, 0.1) is 5.56 Å². The molecule has 148 valence electrons. The molecule has 28 heavy (non-hydrogen) atoms. The van der Waals surface area contributed by atoms with Crippen molar-refractivity contribution in [1.29, 1.82) is 0 Å². The highest BCUT2D eigenvalue weighted by molar-refractivity contribution is 6.02. The van der Waals surface area contributed by atoms with Gasteiger partial charge in [0, 0.05) is 30.4 Å². The van der Waals surface area contributed by atoms with Crippen LogP contribution < -0.4 is 11.1 Å². The van der Waals surface area contributed by atoms with Gasteiger partial charge in [0.2, 0.25) is 0 Å². The van der Waals surface area contributed by atoms with E-state index in [1.54, 1.807) is 6.92 Å². The SMILES string of the molecule is C[C@@]1(c2cc(NC(=O)c3ccc(C(F)(F)F)cn3)ccc2F)CCN=C(N)O1. The Morgan fingerprint density at radius 1 is 1.29 bits per heavy atom. The number of benzene rings is 1. The van der Waals surface area contributed by atoms with Crippen LogP contribution in [-0.2, 0) is 16.5 Å². The van der Waals surface area contributed by atoms with E-state index in [-0.39, 0.29) is 23.0 Å². The highest BCUT2D eigenvalue weighted by Gasteiger charge is 2.35. The first-order valence-corrected chi connectivity index (χ1v) is 8.22. The monoisotopic (exact) mass is 396 g/mol. The van der Waals surface area contributed by atoms with Gasteiger partial charge >= 0.3 is 6.18 Å². The number of anilines is 1. The van der Waals surface area contributed by atoms with Crippen LogP contribution in [0.25, 0.3) is 0 Å². The number of nitrogens with zero attached hydrogens (tertiary/aromatic N) is 2. The summed E-state index contributed by atoms with van der Waals surface area (Å²) in [4.78, 5) is 19.7. The molecule has 3 N–H and O–H groups in total. The first kappa shape index (κ1) is 19.6. The van der Waals surface area contributed by atoms with Gasteiger partial charge in [0.15, 0.2) is 0 Å². The maximum absolute atomic E-state index is 14.4. The summed E-state index contributed by atoms with van der Waals surface area (Å²) in [5.41, 5.74) is 3.74. The van der Waals surface area contributed by atoms with Crippen molar-refractivity contribution in [3.63, 3.8) is 0 Å². The summed E-state index contributed by atoms with van der Waals surface area (Å²) in [5.74, 6) is -1.29. The number of alkyl halides is 3. The standard InChI is InChI=1S/C18H16F4N4O2/c1-17(6-7-24-16(23)28-17)12-8-11(3-4-13(12)19)26-15(27)14-5-2-10(9-25-14)18(20,21)22/h2-5,8-9H,6-7H2,1H3,(H2,23,24)(H,26,27)/t17-/m0/s1. The number of amidine groups is 1. The van der Waals surface area contributed by atoms with E-state index in [1.165, 1.54) is 12.1 Å². The van der Waals surface area contributed by atoms with Crippen LogP contribution in [0.1, 0.15) is 35.0 Å². The van der Waals surface area contributed by atoms with Crippen molar-refractivity contribution < 1.29 is 27.1 Å². The maximum atomic E-state index is 14.4. The fourth-order valence-corrected chi connectivity index (χ4v) is 2.78. The van der Waals surface area contributed by atoms with Gasteiger partial charge in [-0.25, -0.2) is 9.38 Å². The minimum absolute atomic E-state index is 0.0588. The zero-order valence-electron chi connectivity index (χ0n) is 14.7. The molecule has 0 bridgehead atoms. The Labute approximate surface area is 157 Å². The lowest BCUT2D eigenvalue weighted by atomic mass is 9.90. The van der Waals surface area contributed by atoms with E-state index in [9.17, 15) is 22.4 Å². The highest BCUT2D eigenvalue weighted by Crippen LogP contribution is 2.35. The fraction of sp³-hybridized carbons (Fsp3) is 0.278. The van der Waals surface area contributed by atoms with E-state index in [2.05, 4.69) is 15.3 Å². The van der Waals surface area contributed by atoms with E-state index >= 15 is 0 Å². The van der Waals surface area contributed by atoms with Crippen LogP contribution in [0.2, 0.25) is 0 Å². The molecule has 3 rings (SSSR count). The third-order valence-corrected chi connectivity index (χ3v) is 4.30. The molecule has 6 nitrogen and oxygen atoms in total. The quantitative estimate of drug-likeness (QED) is 0.778. The van der Waals surface area contributed by atoms with Crippen LogP contribution >= 0.6 is 0 Å². The van der Waals surface area contributed by atoms with E-state index in [0.717, 1.165) is 18.2 Å². The van der Waals surface area contributed by atoms with Crippen LogP contribution in [0, 0.1) is 5.82 Å². The number of hydrogen-bond acceptors (Lipinski definition) is 5. The molecule has 0 spiro atoms. The van der Waals surface area contributed by atoms with Crippen LogP contribution in [0.4, 0.5) is 23.2 Å². The number of nitrogens with one attached hydrogen (secondary N) is 1. The second-order valence-electron chi connectivity index (χ2n) is 6.38. The zero-order valence-corrected chi connectivity index (χ0v) is 14.7. The molecule has 2 heterocycles. The summed E-state index contributed by atoms with van der Waals surface area (Å²) >= 11 is 0. The average molecular weight is 396 g/mol. The Bertz CT molecular complexity index is 928. The Morgan fingerprint density at radius 2 is 2.04 bits per heavy atom. The minimum atomic E-state index is -4.55. The van der Waals surface area contributed by atoms with Gasteiger partial charge in [-0.1, -0.05) is 0 Å². The second kappa shape index (κ2) is 7.10. The molecule has 1 aromatic carbocycles. The summed E-state index contributed by atoms with van der Waals surface area (Å²) in [6.45, 7) is 2.00. The normalized spacial score (nSPS) is 19.5. The summed E-state index contributed by atoms with van der Waals surface area (Å²) in [5, 5.41) is 2.49. The predicted molar refractivity (Wildman–Crippen MR) is 93.1 cm³/mol. The van der Waals surface area contributed by atoms with Crippen LogP contribution in [0.15, 0.2) is 41.5 Å². The topological polar surface area (TPSA) is 89.6 Å². The molecule has 0 fully saturated rings. The van der Waals surface area contributed by atoms with Crippen molar-refractivity contribution in [1.82, 2.24) is 4.98 Å². The van der Waals surface area contributed by atoms with Crippen molar-refractivity contribution in [2.24, 2.45) is 10.7 Å². The molecule has 1 amide bonds. The molecular formula is C18H16F4N4O2. The molecule has 0 radical (unpaired) electrons. The van der Waals surface area contributed by atoms with Crippen LogP contribution in [0.3, 0.4) is 0 Å². The number of rotatable bonds is 3. The van der Waals surface area contributed by atoms with Gasteiger partial charge in [-0.3, -0.25) is 9.78 Å². The van der Waals surface area contributed by atoms with Gasteiger partial charge in [-0.2, -0.15) is 13.2 Å². The molecule has 0 saturated carbocycles. The average Bonchev–Trinajstić information content (AvgIpc) is 2.62. The van der Waals surface area contributed by atoms with Crippen LogP contribution in [-0.4, -0.2) is 23.5 Å². The molecular weight excluding hydrogens is 380 g/mol. The Morgan fingerprint density at radius 3 is 2.64 bits per heavy atom. The van der Waals surface area contributed by atoms with Crippen molar-refractivity contribution in [3.8, 4) is 0 Å². The number of aromatic nitrogens is 1. The molecule has 2 aromatic rings. The minimum Gasteiger partial charge on any atom is -0.454 e. The molecule has 10 heteroatoms. The summed E-state index contributed by atoms with van der Waals surface area (Å²) in [6.07, 6.45) is -3.60. The van der Waals surface area contributed by atoms with Crippen molar-refractivity contribution in [2.45, 2.75) is 25.1 Å². The molecule has 0 unspecified atom stereocenters. The maximum Gasteiger partial charge on any atom is 0.417 e. The van der Waals surface area contributed by atoms with Gasteiger partial charge in [-0.05, 0) is 37.3 Å². The predicted octanol–water partition coefficient (Wildman–Crippen LogP) is 3.44. The summed E-state index contributed by atoms with van der Waals surface area (Å²) in [7, 11) is 0. The third kappa shape index (κ3) is 4.05.